The number of benzene rings is 2. The second kappa shape index (κ2) is 9.35. The molecule has 0 saturated carbocycles. The maximum atomic E-state index is 5.52. The SMILES string of the molecule is CCN(CC)CCCNc1nccc2c1ccc1c3cc(OC)c(OC)cc3cnc21. The van der Waals surface area contributed by atoms with E-state index in [0.29, 0.717) is 11.5 Å². The lowest BCUT2D eigenvalue weighted by Gasteiger charge is -2.18. The van der Waals surface area contributed by atoms with Crippen molar-refractivity contribution in [1.82, 2.24) is 14.9 Å². The van der Waals surface area contributed by atoms with E-state index in [1.54, 1.807) is 14.2 Å². The number of hydrogen-bond acceptors (Lipinski definition) is 6. The van der Waals surface area contributed by atoms with Gasteiger partial charge in [-0.05, 0) is 55.7 Å². The van der Waals surface area contributed by atoms with E-state index in [0.717, 1.165) is 70.9 Å². The zero-order chi connectivity index (χ0) is 21.8. The van der Waals surface area contributed by atoms with Crippen molar-refractivity contribution in [2.45, 2.75) is 20.3 Å². The van der Waals surface area contributed by atoms with Crippen LogP contribution in [-0.4, -0.2) is 55.3 Å². The van der Waals surface area contributed by atoms with Gasteiger partial charge in [0.05, 0.1) is 19.7 Å². The number of anilines is 1. The number of fused-ring (bicyclic) bond motifs is 5. The number of rotatable bonds is 9. The Bertz CT molecular complexity index is 1200. The smallest absolute Gasteiger partial charge is 0.161 e. The summed E-state index contributed by atoms with van der Waals surface area (Å²) >= 11 is 0. The number of pyridine rings is 2. The summed E-state index contributed by atoms with van der Waals surface area (Å²) in [5.41, 5.74) is 0.964. The molecule has 0 atom stereocenters. The predicted molar refractivity (Wildman–Crippen MR) is 129 cm³/mol. The monoisotopic (exact) mass is 418 g/mol. The molecule has 0 unspecified atom stereocenters. The molecular weight excluding hydrogens is 388 g/mol. The van der Waals surface area contributed by atoms with E-state index in [1.165, 1.54) is 0 Å². The summed E-state index contributed by atoms with van der Waals surface area (Å²) in [6, 6.07) is 10.3. The van der Waals surface area contributed by atoms with Gasteiger partial charge in [0.1, 0.15) is 5.82 Å². The van der Waals surface area contributed by atoms with Gasteiger partial charge in [-0.3, -0.25) is 4.98 Å². The molecule has 0 radical (unpaired) electrons. The molecule has 2 aromatic heterocycles. The van der Waals surface area contributed by atoms with Crippen LogP contribution in [0.25, 0.3) is 32.4 Å². The summed E-state index contributed by atoms with van der Waals surface area (Å²) < 4.78 is 11.0. The zero-order valence-corrected chi connectivity index (χ0v) is 18.7. The van der Waals surface area contributed by atoms with Crippen molar-refractivity contribution in [3.8, 4) is 11.5 Å². The van der Waals surface area contributed by atoms with Crippen LogP contribution in [-0.2, 0) is 0 Å². The van der Waals surface area contributed by atoms with Crippen LogP contribution < -0.4 is 14.8 Å². The van der Waals surface area contributed by atoms with Crippen LogP contribution in [0.15, 0.2) is 42.7 Å². The van der Waals surface area contributed by atoms with Gasteiger partial charge in [0.15, 0.2) is 11.5 Å². The third kappa shape index (κ3) is 4.08. The second-order valence-corrected chi connectivity index (χ2v) is 7.58. The van der Waals surface area contributed by atoms with E-state index in [2.05, 4.69) is 41.2 Å². The summed E-state index contributed by atoms with van der Waals surface area (Å²) in [5, 5.41) is 8.91. The summed E-state index contributed by atoms with van der Waals surface area (Å²) in [6.07, 6.45) is 4.84. The molecule has 0 fully saturated rings. The Kier molecular flexibility index (Phi) is 6.37. The Morgan fingerprint density at radius 2 is 1.58 bits per heavy atom. The summed E-state index contributed by atoms with van der Waals surface area (Å²) in [6.45, 7) is 8.57. The van der Waals surface area contributed by atoms with Crippen molar-refractivity contribution >= 4 is 38.3 Å². The lowest BCUT2D eigenvalue weighted by molar-refractivity contribution is 0.303. The van der Waals surface area contributed by atoms with Crippen LogP contribution >= 0.6 is 0 Å². The first kappa shape index (κ1) is 21.1. The van der Waals surface area contributed by atoms with E-state index in [9.17, 15) is 0 Å². The minimum Gasteiger partial charge on any atom is -0.493 e. The largest absolute Gasteiger partial charge is 0.493 e. The molecule has 0 aliphatic heterocycles. The summed E-state index contributed by atoms with van der Waals surface area (Å²) in [5.74, 6) is 2.33. The van der Waals surface area contributed by atoms with Crippen LogP contribution in [0.3, 0.4) is 0 Å². The number of nitrogens with zero attached hydrogens (tertiary/aromatic N) is 3. The van der Waals surface area contributed by atoms with Gasteiger partial charge in [-0.1, -0.05) is 19.9 Å². The Labute approximate surface area is 183 Å². The molecule has 0 bridgehead atoms. The lowest BCUT2D eigenvalue weighted by atomic mass is 10.0. The molecule has 0 aliphatic carbocycles. The third-order valence-electron chi connectivity index (χ3n) is 5.93. The van der Waals surface area contributed by atoms with Gasteiger partial charge in [0.25, 0.3) is 0 Å². The molecule has 0 spiro atoms. The highest BCUT2D eigenvalue weighted by molar-refractivity contribution is 6.17. The standard InChI is InChI=1S/C25H30N4O2/c1-5-29(6-2)13-7-11-26-25-20-9-8-18-21-15-23(31-4)22(30-3)14-17(21)16-28-24(18)19(20)10-12-27-25/h8-10,12,14-16H,5-7,11,13H2,1-4H3,(H,26,27). The van der Waals surface area contributed by atoms with E-state index in [4.69, 9.17) is 14.5 Å². The van der Waals surface area contributed by atoms with Gasteiger partial charge in [0.2, 0.25) is 0 Å². The molecule has 2 heterocycles. The quantitative estimate of drug-likeness (QED) is 0.302. The van der Waals surface area contributed by atoms with E-state index < -0.39 is 0 Å². The molecule has 4 rings (SSSR count). The maximum absolute atomic E-state index is 5.52. The lowest BCUT2D eigenvalue weighted by Crippen LogP contribution is -2.25. The van der Waals surface area contributed by atoms with Crippen molar-refractivity contribution in [2.24, 2.45) is 0 Å². The molecule has 4 aromatic rings. The first-order valence-corrected chi connectivity index (χ1v) is 10.9. The van der Waals surface area contributed by atoms with Gasteiger partial charge in [-0.2, -0.15) is 0 Å². The van der Waals surface area contributed by atoms with Gasteiger partial charge in [-0.15, -0.1) is 0 Å². The number of methoxy groups -OCH3 is 2. The van der Waals surface area contributed by atoms with E-state index in [1.807, 2.05) is 30.6 Å². The minimum absolute atomic E-state index is 0.706. The third-order valence-corrected chi connectivity index (χ3v) is 5.93. The van der Waals surface area contributed by atoms with Crippen LogP contribution in [0.2, 0.25) is 0 Å². The van der Waals surface area contributed by atoms with Crippen molar-refractivity contribution in [1.29, 1.82) is 0 Å². The first-order chi connectivity index (χ1) is 15.2. The topological polar surface area (TPSA) is 59.5 Å². The van der Waals surface area contributed by atoms with Crippen molar-refractivity contribution < 1.29 is 9.47 Å². The fourth-order valence-electron chi connectivity index (χ4n) is 4.15. The molecule has 0 amide bonds. The molecule has 0 saturated heterocycles. The Morgan fingerprint density at radius 3 is 2.32 bits per heavy atom. The van der Waals surface area contributed by atoms with Crippen molar-refractivity contribution in [2.75, 3.05) is 45.7 Å². The average Bonchev–Trinajstić information content (AvgIpc) is 2.82. The number of nitrogens with one attached hydrogen (secondary N) is 1. The van der Waals surface area contributed by atoms with Gasteiger partial charge < -0.3 is 19.7 Å². The molecule has 31 heavy (non-hydrogen) atoms. The predicted octanol–water partition coefficient (Wildman–Crippen LogP) is 5.10. The molecule has 2 aromatic carbocycles. The number of aromatic nitrogens is 2. The fourth-order valence-corrected chi connectivity index (χ4v) is 4.15. The molecule has 1 N–H and O–H groups in total. The summed E-state index contributed by atoms with van der Waals surface area (Å²) in [7, 11) is 3.31. The number of ether oxygens (including phenoxy) is 2. The van der Waals surface area contributed by atoms with E-state index in [-0.39, 0.29) is 0 Å². The summed E-state index contributed by atoms with van der Waals surface area (Å²) in [4.78, 5) is 11.8. The molecular formula is C25H30N4O2. The normalized spacial score (nSPS) is 11.5. The molecule has 6 heteroatoms. The Balaban J connectivity index is 1.71. The Hall–Kier alpha value is -3.12. The van der Waals surface area contributed by atoms with Crippen molar-refractivity contribution in [3.63, 3.8) is 0 Å². The number of hydrogen-bond donors (Lipinski definition) is 1. The van der Waals surface area contributed by atoms with Crippen LogP contribution in [0.4, 0.5) is 5.82 Å². The maximum Gasteiger partial charge on any atom is 0.161 e. The highest BCUT2D eigenvalue weighted by Crippen LogP contribution is 2.37. The van der Waals surface area contributed by atoms with Gasteiger partial charge in [0, 0.05) is 40.5 Å². The van der Waals surface area contributed by atoms with Crippen LogP contribution in [0, 0.1) is 0 Å². The van der Waals surface area contributed by atoms with Gasteiger partial charge in [-0.25, -0.2) is 4.98 Å². The highest BCUT2D eigenvalue weighted by atomic mass is 16.5. The van der Waals surface area contributed by atoms with E-state index >= 15 is 0 Å². The Morgan fingerprint density at radius 1 is 0.871 bits per heavy atom. The van der Waals surface area contributed by atoms with Gasteiger partial charge >= 0.3 is 0 Å². The first-order valence-electron chi connectivity index (χ1n) is 10.9. The minimum atomic E-state index is 0.706. The van der Waals surface area contributed by atoms with Crippen molar-refractivity contribution in [3.05, 3.63) is 42.7 Å². The molecule has 162 valence electrons. The zero-order valence-electron chi connectivity index (χ0n) is 18.7. The fraction of sp³-hybridized carbons (Fsp3) is 0.360. The molecule has 0 aliphatic rings. The van der Waals surface area contributed by atoms with Crippen LogP contribution in [0.5, 0.6) is 11.5 Å². The average molecular weight is 419 g/mol. The second-order valence-electron chi connectivity index (χ2n) is 7.58. The molecule has 6 nitrogen and oxygen atoms in total. The highest BCUT2D eigenvalue weighted by Gasteiger charge is 2.12. The van der Waals surface area contributed by atoms with Crippen LogP contribution in [0.1, 0.15) is 20.3 Å².